The summed E-state index contributed by atoms with van der Waals surface area (Å²) in [6.07, 6.45) is 4.40. The van der Waals surface area contributed by atoms with Gasteiger partial charge < -0.3 is 11.1 Å². The van der Waals surface area contributed by atoms with Crippen LogP contribution in [0.15, 0.2) is 0 Å². The van der Waals surface area contributed by atoms with Crippen molar-refractivity contribution in [3.8, 4) is 24.7 Å². The van der Waals surface area contributed by atoms with Gasteiger partial charge in [-0.2, -0.15) is 13.2 Å². The van der Waals surface area contributed by atoms with Crippen LogP contribution in [0, 0.1) is 24.7 Å². The van der Waals surface area contributed by atoms with Gasteiger partial charge >= 0.3 is 12.1 Å². The second kappa shape index (κ2) is 7.96. The molecule has 0 rings (SSSR count). The van der Waals surface area contributed by atoms with E-state index >= 15 is 0 Å². The minimum Gasteiger partial charge on any atom is -0.337 e. The molecule has 6 heteroatoms. The zero-order chi connectivity index (χ0) is 11.6. The molecule has 0 saturated heterocycles. The Morgan fingerprint density at radius 1 is 1.36 bits per heavy atom. The summed E-state index contributed by atoms with van der Waals surface area (Å²) in [5, 5.41) is 1.47. The first-order valence-electron chi connectivity index (χ1n) is 3.32. The highest BCUT2D eigenvalue weighted by atomic mass is 19.4. The van der Waals surface area contributed by atoms with E-state index in [1.54, 1.807) is 0 Å². The topological polar surface area (TPSA) is 55.1 Å². The van der Waals surface area contributed by atoms with Crippen LogP contribution in [0.5, 0.6) is 0 Å². The first kappa shape index (κ1) is 14.8. The Labute approximate surface area is 79.8 Å². The summed E-state index contributed by atoms with van der Waals surface area (Å²) in [5.41, 5.74) is 4.79. The molecule has 0 saturated carbocycles. The van der Waals surface area contributed by atoms with E-state index in [-0.39, 0.29) is 0 Å². The average Bonchev–Trinajstić information content (AvgIpc) is 2.13. The Kier molecular flexibility index (Phi) is 8.44. The molecule has 0 bridgehead atoms. The number of hydrogen-bond acceptors (Lipinski definition) is 2. The third kappa shape index (κ3) is 10.3. The van der Waals surface area contributed by atoms with E-state index in [4.69, 9.17) is 5.73 Å². The molecule has 0 radical (unpaired) electrons. The van der Waals surface area contributed by atoms with Gasteiger partial charge in [-0.15, -0.1) is 12.8 Å². The van der Waals surface area contributed by atoms with Crippen LogP contribution >= 0.6 is 0 Å². The van der Waals surface area contributed by atoms with Crippen molar-refractivity contribution in [3.63, 3.8) is 0 Å². The van der Waals surface area contributed by atoms with Crippen LogP contribution in [0.1, 0.15) is 0 Å². The molecule has 0 atom stereocenters. The van der Waals surface area contributed by atoms with Gasteiger partial charge in [0.05, 0.1) is 13.1 Å². The molecule has 0 aromatic rings. The van der Waals surface area contributed by atoms with E-state index in [1.807, 2.05) is 5.92 Å². The summed E-state index contributed by atoms with van der Waals surface area (Å²) < 4.78 is 33.9. The third-order valence-corrected chi connectivity index (χ3v) is 0.726. The Morgan fingerprint density at radius 2 is 1.79 bits per heavy atom. The summed E-state index contributed by atoms with van der Waals surface area (Å²) >= 11 is 0. The second-order valence-electron chi connectivity index (χ2n) is 1.79. The van der Waals surface area contributed by atoms with Crippen molar-refractivity contribution < 1.29 is 18.0 Å². The van der Waals surface area contributed by atoms with E-state index in [0.29, 0.717) is 6.54 Å². The lowest BCUT2D eigenvalue weighted by molar-refractivity contribution is -0.173. The number of nitrogens with two attached hydrogens (primary N) is 1. The lowest BCUT2D eigenvalue weighted by Crippen LogP contribution is -2.36. The largest absolute Gasteiger partial charge is 0.471 e. The molecule has 0 aliphatic rings. The summed E-state index contributed by atoms with van der Waals surface area (Å²) in [6.45, 7) is -0.0572. The van der Waals surface area contributed by atoms with Gasteiger partial charge in [-0.3, -0.25) is 4.79 Å². The lowest BCUT2D eigenvalue weighted by Gasteiger charge is -2.03. The number of alkyl halides is 3. The van der Waals surface area contributed by atoms with Crippen molar-refractivity contribution in [3.05, 3.63) is 0 Å². The number of hydrogen-bond donors (Lipinski definition) is 2. The zero-order valence-electron chi connectivity index (χ0n) is 7.19. The smallest absolute Gasteiger partial charge is 0.337 e. The number of carbonyl (C=O) groups is 1. The summed E-state index contributed by atoms with van der Waals surface area (Å²) in [7, 11) is 0. The van der Waals surface area contributed by atoms with Crippen molar-refractivity contribution in [2.75, 3.05) is 13.1 Å². The molecule has 0 fully saturated rings. The Balaban J connectivity index is 0. The van der Waals surface area contributed by atoms with Crippen molar-refractivity contribution in [1.29, 1.82) is 0 Å². The minimum absolute atomic E-state index is 0.347. The van der Waals surface area contributed by atoms with Gasteiger partial charge in [0.2, 0.25) is 0 Å². The Hall–Kier alpha value is -1.66. The van der Waals surface area contributed by atoms with Crippen molar-refractivity contribution in [1.82, 2.24) is 5.32 Å². The molecule has 0 heterocycles. The normalized spacial score (nSPS) is 8.71. The van der Waals surface area contributed by atoms with Gasteiger partial charge in [-0.1, -0.05) is 11.8 Å². The molecule has 0 aromatic carbocycles. The standard InChI is InChI=1S/C5H4F3NO.C3H5N/c1-2-3-9-4(10)5(6,7)8;1-2-3-4/h1H,3H2,(H,9,10);1H,3-4H2. The average molecular weight is 206 g/mol. The third-order valence-electron chi connectivity index (χ3n) is 0.726. The number of terminal acetylenes is 2. The van der Waals surface area contributed by atoms with Crippen LogP contribution in [0.3, 0.4) is 0 Å². The first-order valence-corrected chi connectivity index (χ1v) is 3.32. The van der Waals surface area contributed by atoms with Crippen LogP contribution in [0.4, 0.5) is 13.2 Å². The molecule has 14 heavy (non-hydrogen) atoms. The van der Waals surface area contributed by atoms with Gasteiger partial charge in [0.25, 0.3) is 0 Å². The molecule has 0 aliphatic heterocycles. The van der Waals surface area contributed by atoms with Crippen LogP contribution in [0.25, 0.3) is 0 Å². The number of halogens is 3. The van der Waals surface area contributed by atoms with Gasteiger partial charge in [0.15, 0.2) is 0 Å². The molecular formula is C8H9F3N2O. The summed E-state index contributed by atoms with van der Waals surface area (Å²) in [4.78, 5) is 9.89. The zero-order valence-corrected chi connectivity index (χ0v) is 7.19. The molecule has 1 amide bonds. The highest BCUT2D eigenvalue weighted by Crippen LogP contribution is 2.13. The van der Waals surface area contributed by atoms with Crippen molar-refractivity contribution >= 4 is 5.91 Å². The van der Waals surface area contributed by atoms with Crippen LogP contribution in [-0.2, 0) is 4.79 Å². The SMILES string of the molecule is C#CCN.C#CCNC(=O)C(F)(F)F. The van der Waals surface area contributed by atoms with Crippen LogP contribution < -0.4 is 11.1 Å². The Morgan fingerprint density at radius 3 is 2.00 bits per heavy atom. The number of nitrogens with one attached hydrogen (secondary N) is 1. The molecule has 0 spiro atoms. The minimum atomic E-state index is -4.84. The maximum atomic E-state index is 11.3. The fourth-order valence-electron chi connectivity index (χ4n) is 0.232. The molecule has 0 unspecified atom stereocenters. The van der Waals surface area contributed by atoms with E-state index in [2.05, 4.69) is 18.8 Å². The fraction of sp³-hybridized carbons (Fsp3) is 0.375. The molecular weight excluding hydrogens is 197 g/mol. The highest BCUT2D eigenvalue weighted by Gasteiger charge is 2.37. The van der Waals surface area contributed by atoms with Crippen molar-refractivity contribution in [2.24, 2.45) is 5.73 Å². The molecule has 0 aromatic heterocycles. The first-order chi connectivity index (χ1) is 6.40. The molecule has 3 nitrogen and oxygen atoms in total. The van der Waals surface area contributed by atoms with Crippen molar-refractivity contribution in [2.45, 2.75) is 6.18 Å². The van der Waals surface area contributed by atoms with Gasteiger partial charge in [0, 0.05) is 0 Å². The van der Waals surface area contributed by atoms with E-state index in [0.717, 1.165) is 0 Å². The molecule has 78 valence electrons. The highest BCUT2D eigenvalue weighted by molar-refractivity contribution is 5.81. The van der Waals surface area contributed by atoms with Gasteiger partial charge in [-0.25, -0.2) is 0 Å². The summed E-state index contributed by atoms with van der Waals surface area (Å²) in [6, 6.07) is 0. The number of carbonyl (C=O) groups excluding carboxylic acids is 1. The van der Waals surface area contributed by atoms with Crippen LogP contribution in [0.2, 0.25) is 0 Å². The predicted octanol–water partition coefficient (Wildman–Crippen LogP) is -0.124. The maximum Gasteiger partial charge on any atom is 0.471 e. The van der Waals surface area contributed by atoms with E-state index in [1.165, 1.54) is 5.32 Å². The van der Waals surface area contributed by atoms with Gasteiger partial charge in [0.1, 0.15) is 0 Å². The van der Waals surface area contributed by atoms with Gasteiger partial charge in [-0.05, 0) is 0 Å². The molecule has 3 N–H and O–H groups in total. The van der Waals surface area contributed by atoms with E-state index in [9.17, 15) is 18.0 Å². The van der Waals surface area contributed by atoms with Crippen LogP contribution in [-0.4, -0.2) is 25.2 Å². The van der Waals surface area contributed by atoms with E-state index < -0.39 is 18.6 Å². The molecule has 0 aliphatic carbocycles. The fourth-order valence-corrected chi connectivity index (χ4v) is 0.232. The number of rotatable bonds is 1. The second-order valence-corrected chi connectivity index (χ2v) is 1.79. The lowest BCUT2D eigenvalue weighted by atomic mass is 10.5. The predicted molar refractivity (Wildman–Crippen MR) is 45.8 cm³/mol. The maximum absolute atomic E-state index is 11.3. The quantitative estimate of drug-likeness (QED) is 0.587. The Bertz CT molecular complexity index is 247. The summed E-state index contributed by atoms with van der Waals surface area (Å²) in [5.74, 6) is 2.04. The monoisotopic (exact) mass is 206 g/mol. The number of amides is 1.